The van der Waals surface area contributed by atoms with Crippen molar-refractivity contribution in [1.29, 1.82) is 0 Å². The van der Waals surface area contributed by atoms with E-state index in [4.69, 9.17) is 9.47 Å². The fourth-order valence-electron chi connectivity index (χ4n) is 2.41. The van der Waals surface area contributed by atoms with E-state index in [0.29, 0.717) is 0 Å². The van der Waals surface area contributed by atoms with Gasteiger partial charge in [-0.05, 0) is 31.7 Å². The lowest BCUT2D eigenvalue weighted by Gasteiger charge is -2.34. The minimum absolute atomic E-state index is 0.573. The van der Waals surface area contributed by atoms with E-state index < -0.39 is 11.7 Å². The molecule has 2 unspecified atom stereocenters. The average molecular weight is 250 g/mol. The van der Waals surface area contributed by atoms with Crippen molar-refractivity contribution in [3.05, 3.63) is 29.3 Å². The summed E-state index contributed by atoms with van der Waals surface area (Å²) in [4.78, 5) is 0. The topological polar surface area (TPSA) is 38.7 Å². The van der Waals surface area contributed by atoms with Crippen molar-refractivity contribution in [1.82, 2.24) is 0 Å². The number of hydrogen-bond donors (Lipinski definition) is 1. The first-order valence-electron chi connectivity index (χ1n) is 6.60. The van der Waals surface area contributed by atoms with Crippen molar-refractivity contribution >= 4 is 0 Å². The van der Waals surface area contributed by atoms with Crippen LogP contribution in [-0.2, 0) is 11.2 Å². The van der Waals surface area contributed by atoms with E-state index in [2.05, 4.69) is 6.07 Å². The highest BCUT2D eigenvalue weighted by Gasteiger charge is 2.35. The van der Waals surface area contributed by atoms with Crippen molar-refractivity contribution in [3.8, 4) is 5.75 Å². The molecule has 1 aliphatic rings. The van der Waals surface area contributed by atoms with Gasteiger partial charge in [-0.3, -0.25) is 0 Å². The van der Waals surface area contributed by atoms with Crippen LogP contribution in [0.25, 0.3) is 0 Å². The summed E-state index contributed by atoms with van der Waals surface area (Å²) < 4.78 is 11.2. The maximum absolute atomic E-state index is 10.6. The molecule has 0 aromatic heterocycles. The molecule has 100 valence electrons. The molecule has 1 aliphatic heterocycles. The summed E-state index contributed by atoms with van der Waals surface area (Å²) in [7, 11) is 1.64. The van der Waals surface area contributed by atoms with Crippen molar-refractivity contribution in [3.63, 3.8) is 0 Å². The normalized spacial score (nSPS) is 19.6. The number of para-hydroxylation sites is 1. The summed E-state index contributed by atoms with van der Waals surface area (Å²) in [5.41, 5.74) is 1.46. The van der Waals surface area contributed by atoms with Gasteiger partial charge >= 0.3 is 0 Å². The molecule has 0 saturated carbocycles. The van der Waals surface area contributed by atoms with E-state index in [1.165, 1.54) is 5.56 Å². The molecule has 1 aromatic carbocycles. The van der Waals surface area contributed by atoms with Gasteiger partial charge in [-0.2, -0.15) is 0 Å². The summed E-state index contributed by atoms with van der Waals surface area (Å²) in [5.74, 6) is 0.855. The van der Waals surface area contributed by atoms with Crippen LogP contribution in [0.15, 0.2) is 18.2 Å². The Bertz CT molecular complexity index is 410. The zero-order valence-electron chi connectivity index (χ0n) is 11.4. The molecule has 0 aliphatic carbocycles. The highest BCUT2D eigenvalue weighted by molar-refractivity contribution is 5.44. The molecule has 0 fully saturated rings. The molecule has 0 radical (unpaired) electrons. The Hall–Kier alpha value is -1.06. The molecular formula is C15H22O3. The molecule has 1 N–H and O–H groups in total. The van der Waals surface area contributed by atoms with Crippen molar-refractivity contribution < 1.29 is 14.6 Å². The molecule has 0 amide bonds. The van der Waals surface area contributed by atoms with E-state index in [1.807, 2.05) is 26.0 Å². The van der Waals surface area contributed by atoms with E-state index >= 15 is 0 Å². The molecule has 0 spiro atoms. The molecule has 0 bridgehead atoms. The third kappa shape index (κ3) is 2.25. The summed E-state index contributed by atoms with van der Waals surface area (Å²) in [6, 6.07) is 5.99. The first kappa shape index (κ1) is 13.4. The lowest BCUT2D eigenvalue weighted by Crippen LogP contribution is -2.35. The van der Waals surface area contributed by atoms with Gasteiger partial charge in [0, 0.05) is 12.7 Å². The lowest BCUT2D eigenvalue weighted by atomic mass is 9.88. The van der Waals surface area contributed by atoms with E-state index in [9.17, 15) is 5.11 Å². The minimum Gasteiger partial charge on any atom is -0.493 e. The number of aliphatic hydroxyl groups excluding tert-OH is 1. The van der Waals surface area contributed by atoms with Gasteiger partial charge in [0.15, 0.2) is 0 Å². The zero-order valence-corrected chi connectivity index (χ0v) is 11.4. The summed E-state index contributed by atoms with van der Waals surface area (Å²) in [5, 5.41) is 10.6. The van der Waals surface area contributed by atoms with Gasteiger partial charge in [-0.25, -0.2) is 0 Å². The predicted molar refractivity (Wildman–Crippen MR) is 70.9 cm³/mol. The van der Waals surface area contributed by atoms with Gasteiger partial charge in [0.2, 0.25) is 0 Å². The van der Waals surface area contributed by atoms with Crippen molar-refractivity contribution in [2.45, 2.75) is 44.8 Å². The largest absolute Gasteiger partial charge is 0.493 e. The van der Waals surface area contributed by atoms with Gasteiger partial charge in [0.25, 0.3) is 0 Å². The standard InChI is InChI=1S/C15H22O3/c1-4-15(2,17-3)14(16)12-9-5-7-11-8-6-10-18-13(11)12/h5,7,9,14,16H,4,6,8,10H2,1-3H3. The van der Waals surface area contributed by atoms with Gasteiger partial charge in [-0.15, -0.1) is 0 Å². The number of aliphatic hydroxyl groups is 1. The van der Waals surface area contributed by atoms with Gasteiger partial charge in [0.1, 0.15) is 11.9 Å². The molecule has 1 heterocycles. The second kappa shape index (κ2) is 5.29. The molecule has 0 saturated heterocycles. The Morgan fingerprint density at radius 3 is 2.94 bits per heavy atom. The quantitative estimate of drug-likeness (QED) is 0.893. The smallest absolute Gasteiger partial charge is 0.128 e. The molecule has 2 atom stereocenters. The van der Waals surface area contributed by atoms with Crippen LogP contribution in [0.1, 0.15) is 43.9 Å². The second-order valence-corrected chi connectivity index (χ2v) is 5.06. The van der Waals surface area contributed by atoms with Crippen LogP contribution < -0.4 is 4.74 Å². The first-order chi connectivity index (χ1) is 8.62. The number of rotatable bonds is 4. The Morgan fingerprint density at radius 1 is 1.50 bits per heavy atom. The van der Waals surface area contributed by atoms with Crippen LogP contribution in [0.2, 0.25) is 0 Å². The van der Waals surface area contributed by atoms with E-state index in [0.717, 1.165) is 37.2 Å². The van der Waals surface area contributed by atoms with Crippen LogP contribution in [0.4, 0.5) is 0 Å². The summed E-state index contributed by atoms with van der Waals surface area (Å²) in [6.45, 7) is 4.68. The monoisotopic (exact) mass is 250 g/mol. The van der Waals surface area contributed by atoms with Crippen LogP contribution in [0.3, 0.4) is 0 Å². The molecular weight excluding hydrogens is 228 g/mol. The number of benzene rings is 1. The fourth-order valence-corrected chi connectivity index (χ4v) is 2.41. The SMILES string of the molecule is CCC(C)(OC)C(O)c1cccc2c1OCCC2. The Labute approximate surface area is 109 Å². The summed E-state index contributed by atoms with van der Waals surface area (Å²) >= 11 is 0. The van der Waals surface area contributed by atoms with Crippen LogP contribution in [-0.4, -0.2) is 24.4 Å². The second-order valence-electron chi connectivity index (χ2n) is 5.06. The number of fused-ring (bicyclic) bond motifs is 1. The summed E-state index contributed by atoms with van der Waals surface area (Å²) in [6.07, 6.45) is 2.14. The molecule has 2 rings (SSSR count). The van der Waals surface area contributed by atoms with Gasteiger partial charge in [-0.1, -0.05) is 25.1 Å². The molecule has 18 heavy (non-hydrogen) atoms. The lowest BCUT2D eigenvalue weighted by molar-refractivity contribution is -0.0952. The van der Waals surface area contributed by atoms with Crippen LogP contribution in [0.5, 0.6) is 5.75 Å². The van der Waals surface area contributed by atoms with Crippen molar-refractivity contribution in [2.24, 2.45) is 0 Å². The van der Waals surface area contributed by atoms with Crippen LogP contribution in [0, 0.1) is 0 Å². The molecule has 3 heteroatoms. The predicted octanol–water partition coefficient (Wildman–Crippen LogP) is 2.86. The van der Waals surface area contributed by atoms with Gasteiger partial charge < -0.3 is 14.6 Å². The maximum atomic E-state index is 10.6. The molecule has 3 nitrogen and oxygen atoms in total. The number of hydrogen-bond acceptors (Lipinski definition) is 3. The Kier molecular flexibility index (Phi) is 3.93. The third-order valence-electron chi connectivity index (χ3n) is 4.01. The van der Waals surface area contributed by atoms with Crippen LogP contribution >= 0.6 is 0 Å². The third-order valence-corrected chi connectivity index (χ3v) is 4.01. The Morgan fingerprint density at radius 2 is 2.28 bits per heavy atom. The van der Waals surface area contributed by atoms with Crippen molar-refractivity contribution in [2.75, 3.05) is 13.7 Å². The highest BCUT2D eigenvalue weighted by atomic mass is 16.5. The average Bonchev–Trinajstić information content (AvgIpc) is 2.45. The van der Waals surface area contributed by atoms with Gasteiger partial charge in [0.05, 0.1) is 12.2 Å². The number of aryl methyl sites for hydroxylation is 1. The maximum Gasteiger partial charge on any atom is 0.128 e. The molecule has 1 aromatic rings. The van der Waals surface area contributed by atoms with E-state index in [-0.39, 0.29) is 0 Å². The zero-order chi connectivity index (χ0) is 13.2. The number of methoxy groups -OCH3 is 1. The highest BCUT2D eigenvalue weighted by Crippen LogP contribution is 2.39. The minimum atomic E-state index is -0.666. The van der Waals surface area contributed by atoms with E-state index in [1.54, 1.807) is 7.11 Å². The first-order valence-corrected chi connectivity index (χ1v) is 6.60. The number of ether oxygens (including phenoxy) is 2. The Balaban J connectivity index is 2.39. The fraction of sp³-hybridized carbons (Fsp3) is 0.600.